The molecule has 0 saturated heterocycles. The maximum Gasteiger partial charge on any atom is 0.149 e. The standard InChI is InChI=1S/C14H18N2O3S/c1-10(9-20(3,17)18)16-14-12-5-4-6-13(19-2)11(12)7-8-15-14/h4-8,10H,9H2,1-3H3,(H,15,16). The summed E-state index contributed by atoms with van der Waals surface area (Å²) in [5.41, 5.74) is 0. The van der Waals surface area contributed by atoms with Crippen LogP contribution in [0.15, 0.2) is 30.5 Å². The summed E-state index contributed by atoms with van der Waals surface area (Å²) in [5.74, 6) is 1.50. The fourth-order valence-corrected chi connectivity index (χ4v) is 3.19. The third kappa shape index (κ3) is 3.39. The summed E-state index contributed by atoms with van der Waals surface area (Å²) in [6, 6.07) is 7.36. The molecule has 0 aliphatic rings. The lowest BCUT2D eigenvalue weighted by Crippen LogP contribution is -2.25. The highest BCUT2D eigenvalue weighted by Crippen LogP contribution is 2.29. The topological polar surface area (TPSA) is 68.3 Å². The molecule has 0 aliphatic heterocycles. The van der Waals surface area contributed by atoms with Gasteiger partial charge in [0.2, 0.25) is 0 Å². The molecule has 1 atom stereocenters. The minimum Gasteiger partial charge on any atom is -0.496 e. The van der Waals surface area contributed by atoms with Crippen molar-refractivity contribution in [1.29, 1.82) is 0 Å². The predicted octanol–water partition coefficient (Wildman–Crippen LogP) is 2.09. The van der Waals surface area contributed by atoms with Crippen molar-refractivity contribution in [2.24, 2.45) is 0 Å². The number of nitrogens with zero attached hydrogens (tertiary/aromatic N) is 1. The largest absolute Gasteiger partial charge is 0.496 e. The minimum absolute atomic E-state index is 0.0645. The van der Waals surface area contributed by atoms with E-state index in [9.17, 15) is 8.42 Å². The molecular formula is C14H18N2O3S. The molecular weight excluding hydrogens is 276 g/mol. The second kappa shape index (κ2) is 5.66. The van der Waals surface area contributed by atoms with Crippen molar-refractivity contribution in [2.45, 2.75) is 13.0 Å². The first-order valence-corrected chi connectivity index (χ1v) is 8.33. The van der Waals surface area contributed by atoms with Crippen molar-refractivity contribution in [3.05, 3.63) is 30.5 Å². The van der Waals surface area contributed by atoms with Gasteiger partial charge in [0.05, 0.1) is 12.9 Å². The molecule has 1 N–H and O–H groups in total. The minimum atomic E-state index is -3.02. The first-order valence-electron chi connectivity index (χ1n) is 6.26. The Morgan fingerprint density at radius 3 is 2.70 bits per heavy atom. The van der Waals surface area contributed by atoms with Crippen LogP contribution in [0.2, 0.25) is 0 Å². The number of fused-ring (bicyclic) bond motifs is 1. The molecule has 0 bridgehead atoms. The van der Waals surface area contributed by atoms with Gasteiger partial charge in [0.15, 0.2) is 0 Å². The molecule has 1 unspecified atom stereocenters. The highest BCUT2D eigenvalue weighted by molar-refractivity contribution is 7.90. The van der Waals surface area contributed by atoms with Crippen LogP contribution in [0.25, 0.3) is 10.8 Å². The van der Waals surface area contributed by atoms with Crippen LogP contribution in [0, 0.1) is 0 Å². The van der Waals surface area contributed by atoms with Gasteiger partial charge in [-0.15, -0.1) is 0 Å². The molecule has 5 nitrogen and oxygen atoms in total. The average Bonchev–Trinajstić information content (AvgIpc) is 2.36. The van der Waals surface area contributed by atoms with Gasteiger partial charge in [-0.2, -0.15) is 0 Å². The molecule has 1 heterocycles. The second-order valence-corrected chi connectivity index (χ2v) is 7.04. The molecule has 108 valence electrons. The number of ether oxygens (including phenoxy) is 1. The van der Waals surface area contributed by atoms with Gasteiger partial charge >= 0.3 is 0 Å². The number of nitrogens with one attached hydrogen (secondary N) is 1. The summed E-state index contributed by atoms with van der Waals surface area (Å²) in [6.07, 6.45) is 2.91. The van der Waals surface area contributed by atoms with Crippen LogP contribution in [-0.2, 0) is 9.84 Å². The van der Waals surface area contributed by atoms with Gasteiger partial charge < -0.3 is 10.1 Å². The molecule has 0 fully saturated rings. The van der Waals surface area contributed by atoms with E-state index in [4.69, 9.17) is 4.74 Å². The van der Waals surface area contributed by atoms with E-state index in [0.717, 1.165) is 16.5 Å². The summed E-state index contributed by atoms with van der Waals surface area (Å²) in [7, 11) is -1.40. The first-order chi connectivity index (χ1) is 9.40. The van der Waals surface area contributed by atoms with E-state index in [1.54, 1.807) is 13.3 Å². The Morgan fingerprint density at radius 2 is 2.05 bits per heavy atom. The molecule has 1 aromatic heterocycles. The predicted molar refractivity (Wildman–Crippen MR) is 81.1 cm³/mol. The normalized spacial score (nSPS) is 13.2. The van der Waals surface area contributed by atoms with E-state index in [-0.39, 0.29) is 11.8 Å². The number of rotatable bonds is 5. The lowest BCUT2D eigenvalue weighted by Gasteiger charge is -2.15. The van der Waals surface area contributed by atoms with Crippen molar-refractivity contribution in [3.8, 4) is 5.75 Å². The maximum absolute atomic E-state index is 11.3. The SMILES string of the molecule is COc1cccc2c(NC(C)CS(C)(=O)=O)nccc12. The number of hydrogen-bond donors (Lipinski definition) is 1. The zero-order chi connectivity index (χ0) is 14.8. The van der Waals surface area contributed by atoms with Crippen LogP contribution in [0.5, 0.6) is 5.75 Å². The van der Waals surface area contributed by atoms with Crippen LogP contribution in [0.3, 0.4) is 0 Å². The second-order valence-electron chi connectivity index (χ2n) is 4.85. The zero-order valence-corrected chi connectivity index (χ0v) is 12.6. The third-order valence-electron chi connectivity index (χ3n) is 2.92. The molecule has 2 aromatic rings. The molecule has 0 saturated carbocycles. The van der Waals surface area contributed by atoms with Crippen molar-refractivity contribution < 1.29 is 13.2 Å². The quantitative estimate of drug-likeness (QED) is 0.914. The van der Waals surface area contributed by atoms with Crippen LogP contribution < -0.4 is 10.1 Å². The van der Waals surface area contributed by atoms with Crippen LogP contribution in [0.4, 0.5) is 5.82 Å². The Balaban J connectivity index is 2.36. The number of hydrogen-bond acceptors (Lipinski definition) is 5. The highest BCUT2D eigenvalue weighted by Gasteiger charge is 2.13. The van der Waals surface area contributed by atoms with Gasteiger partial charge in [-0.05, 0) is 19.1 Å². The van der Waals surface area contributed by atoms with Gasteiger partial charge in [-0.1, -0.05) is 12.1 Å². The Morgan fingerprint density at radius 1 is 1.30 bits per heavy atom. The molecule has 0 spiro atoms. The van der Waals surface area contributed by atoms with Gasteiger partial charge in [-0.3, -0.25) is 0 Å². The summed E-state index contributed by atoms with van der Waals surface area (Å²) >= 11 is 0. The van der Waals surface area contributed by atoms with E-state index in [1.807, 2.05) is 31.2 Å². The van der Waals surface area contributed by atoms with Gasteiger partial charge in [0.25, 0.3) is 0 Å². The number of pyridine rings is 1. The smallest absolute Gasteiger partial charge is 0.149 e. The van der Waals surface area contributed by atoms with E-state index in [2.05, 4.69) is 10.3 Å². The van der Waals surface area contributed by atoms with Crippen LogP contribution in [-0.4, -0.2) is 38.6 Å². The Labute approximate surface area is 118 Å². The monoisotopic (exact) mass is 294 g/mol. The van der Waals surface area contributed by atoms with Crippen LogP contribution in [0.1, 0.15) is 6.92 Å². The zero-order valence-electron chi connectivity index (χ0n) is 11.8. The van der Waals surface area contributed by atoms with Gasteiger partial charge in [0, 0.05) is 29.3 Å². The number of anilines is 1. The van der Waals surface area contributed by atoms with Crippen molar-refractivity contribution in [1.82, 2.24) is 4.98 Å². The highest BCUT2D eigenvalue weighted by atomic mass is 32.2. The molecule has 0 aliphatic carbocycles. The summed E-state index contributed by atoms with van der Waals surface area (Å²) in [6.45, 7) is 1.82. The van der Waals surface area contributed by atoms with Crippen LogP contribution >= 0.6 is 0 Å². The van der Waals surface area contributed by atoms with Crippen molar-refractivity contribution in [2.75, 3.05) is 24.4 Å². The number of methoxy groups -OCH3 is 1. The fourth-order valence-electron chi connectivity index (χ4n) is 2.20. The lowest BCUT2D eigenvalue weighted by atomic mass is 10.1. The summed E-state index contributed by atoms with van der Waals surface area (Å²) < 4.78 is 27.9. The van der Waals surface area contributed by atoms with E-state index < -0.39 is 9.84 Å². The van der Waals surface area contributed by atoms with Gasteiger partial charge in [0.1, 0.15) is 21.4 Å². The first kappa shape index (κ1) is 14.6. The molecule has 20 heavy (non-hydrogen) atoms. The third-order valence-corrected chi connectivity index (χ3v) is 4.03. The van der Waals surface area contributed by atoms with Crippen molar-refractivity contribution in [3.63, 3.8) is 0 Å². The Hall–Kier alpha value is -1.82. The lowest BCUT2D eigenvalue weighted by molar-refractivity contribution is 0.420. The molecule has 1 aromatic carbocycles. The maximum atomic E-state index is 11.3. The van der Waals surface area contributed by atoms with E-state index in [0.29, 0.717) is 5.82 Å². The van der Waals surface area contributed by atoms with E-state index >= 15 is 0 Å². The van der Waals surface area contributed by atoms with Gasteiger partial charge in [-0.25, -0.2) is 13.4 Å². The summed E-state index contributed by atoms with van der Waals surface area (Å²) in [5, 5.41) is 5.00. The number of benzene rings is 1. The number of sulfone groups is 1. The Bertz CT molecular complexity index is 713. The molecule has 6 heteroatoms. The van der Waals surface area contributed by atoms with E-state index in [1.165, 1.54) is 6.26 Å². The summed E-state index contributed by atoms with van der Waals surface area (Å²) in [4.78, 5) is 4.29. The molecule has 2 rings (SSSR count). The number of aromatic nitrogens is 1. The average molecular weight is 294 g/mol. The molecule has 0 amide bonds. The Kier molecular flexibility index (Phi) is 4.13. The van der Waals surface area contributed by atoms with Crippen molar-refractivity contribution >= 4 is 26.4 Å². The molecule has 0 radical (unpaired) electrons. The fraction of sp³-hybridized carbons (Fsp3) is 0.357.